The van der Waals surface area contributed by atoms with Crippen LogP contribution in [-0.4, -0.2) is 30.6 Å². The summed E-state index contributed by atoms with van der Waals surface area (Å²) in [5.41, 5.74) is 11.3. The van der Waals surface area contributed by atoms with Crippen molar-refractivity contribution in [3.63, 3.8) is 0 Å². The van der Waals surface area contributed by atoms with Crippen molar-refractivity contribution in [3.8, 4) is 0 Å². The summed E-state index contributed by atoms with van der Waals surface area (Å²) in [7, 11) is 1.46. The first-order chi connectivity index (χ1) is 13.6. The Bertz CT molecular complexity index is 848. The molecule has 2 aromatic carbocycles. The van der Waals surface area contributed by atoms with Crippen LogP contribution in [0.1, 0.15) is 36.3 Å². The minimum atomic E-state index is -0.301. The Balaban J connectivity index is 1.85. The lowest BCUT2D eigenvalue weighted by atomic mass is 9.85. The number of nitrogens with zero attached hydrogens (tertiary/aromatic N) is 4. The average Bonchev–Trinajstić information content (AvgIpc) is 2.72. The van der Waals surface area contributed by atoms with Crippen molar-refractivity contribution in [1.82, 2.24) is 4.90 Å². The first-order valence-corrected chi connectivity index (χ1v) is 10.4. The van der Waals surface area contributed by atoms with Crippen molar-refractivity contribution >= 4 is 34.2 Å². The van der Waals surface area contributed by atoms with Gasteiger partial charge < -0.3 is 4.74 Å². The third kappa shape index (κ3) is 5.04. The number of ether oxygens (including phenoxy) is 1. The highest BCUT2D eigenvalue weighted by Gasteiger charge is 2.36. The maximum Gasteiger partial charge on any atom is 0.314 e. The first-order valence-electron chi connectivity index (χ1n) is 9.33. The van der Waals surface area contributed by atoms with Gasteiger partial charge in [0.2, 0.25) is 0 Å². The Kier molecular flexibility index (Phi) is 7.30. The molecule has 1 saturated heterocycles. The Hall–Kier alpha value is -2.09. The first kappa shape index (κ1) is 20.6. The molecule has 0 saturated carbocycles. The van der Waals surface area contributed by atoms with Crippen LogP contribution in [0.2, 0.25) is 0 Å². The summed E-state index contributed by atoms with van der Waals surface area (Å²) in [5.74, 6) is -0.485. The number of methoxy groups -OCH3 is 1. The van der Waals surface area contributed by atoms with E-state index in [9.17, 15) is 4.79 Å². The molecular weight excluding hydrogens is 467 g/mol. The lowest BCUT2D eigenvalue weighted by molar-refractivity contribution is -0.144. The molecule has 146 valence electrons. The molecule has 1 aliphatic heterocycles. The van der Waals surface area contributed by atoms with Gasteiger partial charge in [0.1, 0.15) is 0 Å². The fraction of sp³-hybridized carbons (Fsp3) is 0.381. The van der Waals surface area contributed by atoms with Gasteiger partial charge in [0, 0.05) is 26.8 Å². The van der Waals surface area contributed by atoms with E-state index in [0.717, 1.165) is 47.0 Å². The van der Waals surface area contributed by atoms with E-state index in [-0.39, 0.29) is 17.9 Å². The number of halogens is 1. The van der Waals surface area contributed by atoms with Crippen molar-refractivity contribution in [1.29, 1.82) is 0 Å². The lowest BCUT2D eigenvalue weighted by Gasteiger charge is -2.39. The van der Waals surface area contributed by atoms with Gasteiger partial charge in [0.05, 0.1) is 13.0 Å². The number of piperidine rings is 1. The van der Waals surface area contributed by atoms with Gasteiger partial charge in [0.25, 0.3) is 0 Å². The fourth-order valence-electron chi connectivity index (χ4n) is 3.86. The van der Waals surface area contributed by atoms with E-state index in [1.807, 2.05) is 48.5 Å². The summed E-state index contributed by atoms with van der Waals surface area (Å²) in [6.45, 7) is 1.69. The molecule has 1 aliphatic rings. The Morgan fingerprint density at radius 1 is 1.25 bits per heavy atom. The molecule has 0 unspecified atom stereocenters. The van der Waals surface area contributed by atoms with Gasteiger partial charge in [-0.25, -0.2) is 0 Å². The van der Waals surface area contributed by atoms with Crippen LogP contribution in [0.5, 0.6) is 0 Å². The largest absolute Gasteiger partial charge is 0.469 e. The van der Waals surface area contributed by atoms with Gasteiger partial charge in [0.15, 0.2) is 0 Å². The molecule has 0 radical (unpaired) electrons. The number of rotatable bonds is 6. The standard InChI is InChI=1S/C21H23IN4O2/c1-28-21(27)20(16-7-9-17(22)10-8-16)19-4-2-3-13-26(19)14-15-5-11-18(12-6-15)24-25-23/h5-12,19-20H,2-4,13-14H2,1H3/t19-,20-/m1/s1. The highest BCUT2D eigenvalue weighted by molar-refractivity contribution is 14.1. The van der Waals surface area contributed by atoms with Crippen molar-refractivity contribution in [2.75, 3.05) is 13.7 Å². The summed E-state index contributed by atoms with van der Waals surface area (Å²) in [5, 5.41) is 3.62. The zero-order chi connectivity index (χ0) is 19.9. The smallest absolute Gasteiger partial charge is 0.314 e. The SMILES string of the molecule is COC(=O)[C@H](c1ccc(I)cc1)[C@H]1CCCCN1Cc1ccc(N=[N+]=[N-])cc1. The predicted octanol–water partition coefficient (Wildman–Crippen LogP) is 5.54. The molecule has 28 heavy (non-hydrogen) atoms. The van der Waals surface area contributed by atoms with E-state index in [4.69, 9.17) is 10.3 Å². The van der Waals surface area contributed by atoms with E-state index in [0.29, 0.717) is 5.69 Å². The van der Waals surface area contributed by atoms with Crippen molar-refractivity contribution in [2.45, 2.75) is 37.8 Å². The summed E-state index contributed by atoms with van der Waals surface area (Å²) >= 11 is 2.27. The summed E-state index contributed by atoms with van der Waals surface area (Å²) in [4.78, 5) is 17.9. The molecule has 2 aromatic rings. The summed E-state index contributed by atoms with van der Waals surface area (Å²) in [6, 6.07) is 15.8. The van der Waals surface area contributed by atoms with Crippen LogP contribution in [0.3, 0.4) is 0 Å². The van der Waals surface area contributed by atoms with Crippen LogP contribution in [-0.2, 0) is 16.1 Å². The average molecular weight is 490 g/mol. The maximum atomic E-state index is 12.7. The third-order valence-corrected chi connectivity index (χ3v) is 5.93. The maximum absolute atomic E-state index is 12.7. The van der Waals surface area contributed by atoms with Crippen molar-refractivity contribution in [3.05, 3.63) is 73.7 Å². The van der Waals surface area contributed by atoms with E-state index < -0.39 is 0 Å². The molecule has 0 aromatic heterocycles. The van der Waals surface area contributed by atoms with E-state index >= 15 is 0 Å². The molecule has 0 bridgehead atoms. The molecular formula is C21H23IN4O2. The van der Waals surface area contributed by atoms with Gasteiger partial charge >= 0.3 is 5.97 Å². The Labute approximate surface area is 178 Å². The fourth-order valence-corrected chi connectivity index (χ4v) is 4.22. The molecule has 2 atom stereocenters. The molecule has 0 spiro atoms. The Morgan fingerprint density at radius 3 is 2.61 bits per heavy atom. The van der Waals surface area contributed by atoms with Crippen LogP contribution in [0, 0.1) is 3.57 Å². The number of carbonyl (C=O) groups is 1. The van der Waals surface area contributed by atoms with E-state index in [1.54, 1.807) is 0 Å². The number of azide groups is 1. The van der Waals surface area contributed by atoms with Crippen LogP contribution >= 0.6 is 22.6 Å². The zero-order valence-electron chi connectivity index (χ0n) is 15.8. The van der Waals surface area contributed by atoms with Crippen molar-refractivity contribution in [2.24, 2.45) is 5.11 Å². The molecule has 1 heterocycles. The predicted molar refractivity (Wildman–Crippen MR) is 117 cm³/mol. The highest BCUT2D eigenvalue weighted by atomic mass is 127. The molecule has 7 heteroatoms. The second-order valence-corrected chi connectivity index (χ2v) is 8.19. The normalized spacial score (nSPS) is 18.1. The molecule has 0 aliphatic carbocycles. The molecule has 6 nitrogen and oxygen atoms in total. The third-order valence-electron chi connectivity index (χ3n) is 5.22. The van der Waals surface area contributed by atoms with Gasteiger partial charge in [-0.15, -0.1) is 0 Å². The van der Waals surface area contributed by atoms with Crippen LogP contribution < -0.4 is 0 Å². The second-order valence-electron chi connectivity index (χ2n) is 6.94. The number of likely N-dealkylation sites (tertiary alicyclic amines) is 1. The number of carbonyl (C=O) groups excluding carboxylic acids is 1. The molecule has 0 N–H and O–H groups in total. The van der Waals surface area contributed by atoms with Gasteiger partial charge in [-0.05, 0) is 70.8 Å². The van der Waals surface area contributed by atoms with Crippen LogP contribution in [0.15, 0.2) is 53.6 Å². The topological polar surface area (TPSA) is 78.3 Å². The van der Waals surface area contributed by atoms with E-state index in [1.165, 1.54) is 7.11 Å². The number of hydrogen-bond acceptors (Lipinski definition) is 4. The van der Waals surface area contributed by atoms with Crippen molar-refractivity contribution < 1.29 is 9.53 Å². The lowest BCUT2D eigenvalue weighted by Crippen LogP contribution is -2.45. The van der Waals surface area contributed by atoms with E-state index in [2.05, 4.69) is 37.5 Å². The minimum Gasteiger partial charge on any atom is -0.469 e. The molecule has 3 rings (SSSR count). The summed E-state index contributed by atoms with van der Waals surface area (Å²) in [6.07, 6.45) is 3.19. The second kappa shape index (κ2) is 9.91. The number of hydrogen-bond donors (Lipinski definition) is 0. The minimum absolute atomic E-state index is 0.0954. The quantitative estimate of drug-likeness (QED) is 0.175. The van der Waals surface area contributed by atoms with Crippen LogP contribution in [0.4, 0.5) is 5.69 Å². The number of esters is 1. The summed E-state index contributed by atoms with van der Waals surface area (Å²) < 4.78 is 6.32. The highest BCUT2D eigenvalue weighted by Crippen LogP contribution is 2.33. The zero-order valence-corrected chi connectivity index (χ0v) is 17.9. The van der Waals surface area contributed by atoms with Gasteiger partial charge in [-0.3, -0.25) is 9.69 Å². The molecule has 1 fully saturated rings. The monoisotopic (exact) mass is 490 g/mol. The Morgan fingerprint density at radius 2 is 1.96 bits per heavy atom. The van der Waals surface area contributed by atoms with Gasteiger partial charge in [-0.2, -0.15) is 0 Å². The number of benzene rings is 2. The molecule has 0 amide bonds. The van der Waals surface area contributed by atoms with Gasteiger partial charge in [-0.1, -0.05) is 47.9 Å². The van der Waals surface area contributed by atoms with Crippen LogP contribution in [0.25, 0.3) is 10.4 Å².